The van der Waals surface area contributed by atoms with Crippen LogP contribution in [0.2, 0.25) is 0 Å². The number of aromatic amines is 1. The van der Waals surface area contributed by atoms with Crippen molar-refractivity contribution >= 4 is 11.6 Å². The number of nitrogens with one attached hydrogen (secondary N) is 2. The molecule has 0 saturated heterocycles. The fourth-order valence-corrected chi connectivity index (χ4v) is 1.32. The van der Waals surface area contributed by atoms with Crippen LogP contribution in [0.25, 0.3) is 0 Å². The first-order chi connectivity index (χ1) is 7.65. The third kappa shape index (κ3) is 2.25. The van der Waals surface area contributed by atoms with E-state index in [2.05, 4.69) is 15.3 Å². The maximum atomic E-state index is 12.7. The van der Waals surface area contributed by atoms with Crippen molar-refractivity contribution < 1.29 is 9.18 Å². The summed E-state index contributed by atoms with van der Waals surface area (Å²) >= 11 is 0. The number of aromatic nitrogens is 2. The Bertz CT molecular complexity index is 521. The molecule has 0 bridgehead atoms. The van der Waals surface area contributed by atoms with Crippen LogP contribution in [0.15, 0.2) is 30.7 Å². The fraction of sp³-hybridized carbons (Fsp3) is 0.0909. The van der Waals surface area contributed by atoms with Gasteiger partial charge in [0, 0.05) is 18.5 Å². The zero-order valence-corrected chi connectivity index (χ0v) is 8.62. The molecule has 2 heterocycles. The van der Waals surface area contributed by atoms with Crippen LogP contribution < -0.4 is 5.32 Å². The first kappa shape index (κ1) is 10.4. The smallest absolute Gasteiger partial charge is 0.272 e. The molecule has 0 aliphatic heterocycles. The van der Waals surface area contributed by atoms with E-state index in [0.717, 1.165) is 17.8 Å². The highest BCUT2D eigenvalue weighted by atomic mass is 19.1. The Hall–Kier alpha value is -2.17. The minimum Gasteiger partial charge on any atom is -0.355 e. The lowest BCUT2D eigenvalue weighted by molar-refractivity contribution is 0.102. The number of hydrogen-bond donors (Lipinski definition) is 2. The average Bonchev–Trinajstić information content (AvgIpc) is 2.65. The minimum absolute atomic E-state index is 0.180. The first-order valence-electron chi connectivity index (χ1n) is 4.72. The number of pyridine rings is 1. The second-order valence-electron chi connectivity index (χ2n) is 3.44. The molecular weight excluding hydrogens is 209 g/mol. The predicted octanol–water partition coefficient (Wildman–Crippen LogP) is 2.11. The molecule has 0 atom stereocenters. The van der Waals surface area contributed by atoms with Crippen molar-refractivity contribution in [3.8, 4) is 0 Å². The fourth-order valence-electron chi connectivity index (χ4n) is 1.32. The normalized spacial score (nSPS) is 10.1. The van der Waals surface area contributed by atoms with Crippen molar-refractivity contribution in [2.24, 2.45) is 0 Å². The van der Waals surface area contributed by atoms with Gasteiger partial charge in [-0.1, -0.05) is 0 Å². The highest BCUT2D eigenvalue weighted by molar-refractivity contribution is 6.02. The Balaban J connectivity index is 2.13. The van der Waals surface area contributed by atoms with Gasteiger partial charge in [0.25, 0.3) is 5.91 Å². The van der Waals surface area contributed by atoms with E-state index in [1.807, 2.05) is 6.92 Å². The Kier molecular flexibility index (Phi) is 2.68. The highest BCUT2D eigenvalue weighted by Gasteiger charge is 2.08. The van der Waals surface area contributed by atoms with Gasteiger partial charge in [0.15, 0.2) is 0 Å². The molecule has 0 saturated carbocycles. The summed E-state index contributed by atoms with van der Waals surface area (Å²) in [6.45, 7) is 1.87. The number of carbonyl (C=O) groups excluding carboxylic acids is 1. The maximum absolute atomic E-state index is 12.7. The van der Waals surface area contributed by atoms with E-state index < -0.39 is 11.7 Å². The van der Waals surface area contributed by atoms with Crippen molar-refractivity contribution in [3.05, 3.63) is 47.8 Å². The molecule has 5 heteroatoms. The number of amides is 1. The van der Waals surface area contributed by atoms with Crippen molar-refractivity contribution in [3.63, 3.8) is 0 Å². The van der Waals surface area contributed by atoms with E-state index in [1.54, 1.807) is 12.3 Å². The second-order valence-corrected chi connectivity index (χ2v) is 3.44. The van der Waals surface area contributed by atoms with Crippen LogP contribution in [0, 0.1) is 12.7 Å². The molecular formula is C11H10FN3O. The molecule has 0 aliphatic rings. The van der Waals surface area contributed by atoms with E-state index >= 15 is 0 Å². The Morgan fingerprint density at radius 3 is 2.88 bits per heavy atom. The Morgan fingerprint density at radius 1 is 1.44 bits per heavy atom. The van der Waals surface area contributed by atoms with Crippen LogP contribution in [0.5, 0.6) is 0 Å². The number of hydrogen-bond acceptors (Lipinski definition) is 2. The van der Waals surface area contributed by atoms with Crippen LogP contribution in [0.1, 0.15) is 16.1 Å². The molecule has 0 fully saturated rings. The van der Waals surface area contributed by atoms with Gasteiger partial charge in [-0.25, -0.2) is 4.39 Å². The van der Waals surface area contributed by atoms with Crippen molar-refractivity contribution in [1.29, 1.82) is 0 Å². The zero-order chi connectivity index (χ0) is 11.5. The van der Waals surface area contributed by atoms with Gasteiger partial charge >= 0.3 is 0 Å². The van der Waals surface area contributed by atoms with Crippen LogP contribution in [0.4, 0.5) is 10.1 Å². The lowest BCUT2D eigenvalue weighted by atomic mass is 10.3. The molecule has 2 rings (SSSR count). The number of aryl methyl sites for hydroxylation is 1. The van der Waals surface area contributed by atoms with Gasteiger partial charge in [0.05, 0.1) is 11.9 Å². The lowest BCUT2D eigenvalue weighted by Crippen LogP contribution is -2.12. The SMILES string of the molecule is Cc1cncc(NC(=O)c2cc(F)c[nH]2)c1. The molecule has 2 aromatic rings. The van der Waals surface area contributed by atoms with E-state index in [1.165, 1.54) is 6.20 Å². The van der Waals surface area contributed by atoms with Gasteiger partial charge in [-0.2, -0.15) is 0 Å². The molecule has 2 N–H and O–H groups in total. The largest absolute Gasteiger partial charge is 0.355 e. The average molecular weight is 219 g/mol. The molecule has 0 spiro atoms. The molecule has 0 aliphatic carbocycles. The van der Waals surface area contributed by atoms with Gasteiger partial charge < -0.3 is 10.3 Å². The summed E-state index contributed by atoms with van der Waals surface area (Å²) in [6.07, 6.45) is 4.34. The number of nitrogens with zero attached hydrogens (tertiary/aromatic N) is 1. The van der Waals surface area contributed by atoms with Crippen LogP contribution in [-0.2, 0) is 0 Å². The van der Waals surface area contributed by atoms with Gasteiger partial charge in [0.2, 0.25) is 0 Å². The predicted molar refractivity (Wildman–Crippen MR) is 57.7 cm³/mol. The molecule has 2 aromatic heterocycles. The third-order valence-electron chi connectivity index (χ3n) is 2.03. The standard InChI is InChI=1S/C11H10FN3O/c1-7-2-9(6-13-4-7)15-11(16)10-3-8(12)5-14-10/h2-6,14H,1H3,(H,15,16). The number of carbonyl (C=O) groups is 1. The Morgan fingerprint density at radius 2 is 2.25 bits per heavy atom. The highest BCUT2D eigenvalue weighted by Crippen LogP contribution is 2.09. The van der Waals surface area contributed by atoms with Gasteiger partial charge in [-0.05, 0) is 18.6 Å². The molecule has 1 amide bonds. The molecule has 4 nitrogen and oxygen atoms in total. The molecule has 16 heavy (non-hydrogen) atoms. The van der Waals surface area contributed by atoms with E-state index in [0.29, 0.717) is 5.69 Å². The quantitative estimate of drug-likeness (QED) is 0.812. The zero-order valence-electron chi connectivity index (χ0n) is 8.62. The number of halogens is 1. The first-order valence-corrected chi connectivity index (χ1v) is 4.72. The summed E-state index contributed by atoms with van der Waals surface area (Å²) < 4.78 is 12.7. The summed E-state index contributed by atoms with van der Waals surface area (Å²) in [5, 5.41) is 2.61. The number of anilines is 1. The van der Waals surface area contributed by atoms with Crippen LogP contribution >= 0.6 is 0 Å². The summed E-state index contributed by atoms with van der Waals surface area (Å²) in [6, 6.07) is 2.92. The topological polar surface area (TPSA) is 57.8 Å². The maximum Gasteiger partial charge on any atom is 0.272 e. The molecule has 0 unspecified atom stereocenters. The van der Waals surface area contributed by atoms with Crippen molar-refractivity contribution in [2.75, 3.05) is 5.32 Å². The summed E-state index contributed by atoms with van der Waals surface area (Å²) in [4.78, 5) is 18.1. The van der Waals surface area contributed by atoms with E-state index in [9.17, 15) is 9.18 Å². The summed E-state index contributed by atoms with van der Waals surface area (Å²) in [7, 11) is 0. The Labute approximate surface area is 91.5 Å². The van der Waals surface area contributed by atoms with Gasteiger partial charge in [-0.15, -0.1) is 0 Å². The molecule has 0 radical (unpaired) electrons. The van der Waals surface area contributed by atoms with Gasteiger partial charge in [0.1, 0.15) is 11.5 Å². The summed E-state index contributed by atoms with van der Waals surface area (Å²) in [5.41, 5.74) is 1.70. The second kappa shape index (κ2) is 4.14. The third-order valence-corrected chi connectivity index (χ3v) is 2.03. The summed E-state index contributed by atoms with van der Waals surface area (Å²) in [5.74, 6) is -0.858. The van der Waals surface area contributed by atoms with Gasteiger partial charge in [-0.3, -0.25) is 9.78 Å². The minimum atomic E-state index is -0.465. The lowest BCUT2D eigenvalue weighted by Gasteiger charge is -2.03. The van der Waals surface area contributed by atoms with Crippen molar-refractivity contribution in [1.82, 2.24) is 9.97 Å². The van der Waals surface area contributed by atoms with Crippen LogP contribution in [0.3, 0.4) is 0 Å². The number of rotatable bonds is 2. The van der Waals surface area contributed by atoms with E-state index in [-0.39, 0.29) is 5.69 Å². The number of H-pyrrole nitrogens is 1. The molecule has 0 aromatic carbocycles. The van der Waals surface area contributed by atoms with Crippen molar-refractivity contribution in [2.45, 2.75) is 6.92 Å². The molecule has 82 valence electrons. The van der Waals surface area contributed by atoms with Crippen LogP contribution in [-0.4, -0.2) is 15.9 Å². The monoisotopic (exact) mass is 219 g/mol. The van der Waals surface area contributed by atoms with E-state index in [4.69, 9.17) is 0 Å².